The average molecular weight is 518 g/mol. The second-order valence-electron chi connectivity index (χ2n) is 7.81. The summed E-state index contributed by atoms with van der Waals surface area (Å²) < 4.78 is 6.66. The number of hydrogen-bond acceptors (Lipinski definition) is 6. The number of anilines is 1. The summed E-state index contributed by atoms with van der Waals surface area (Å²) in [7, 11) is 0. The zero-order chi connectivity index (χ0) is 25.2. The first-order chi connectivity index (χ1) is 17.5. The van der Waals surface area contributed by atoms with E-state index in [2.05, 4.69) is 15.4 Å². The predicted octanol–water partition coefficient (Wildman–Crippen LogP) is 5.86. The summed E-state index contributed by atoms with van der Waals surface area (Å²) in [5.74, 6) is -0.451. The van der Waals surface area contributed by atoms with E-state index in [-0.39, 0.29) is 33.6 Å². The van der Waals surface area contributed by atoms with Crippen LogP contribution >= 0.6 is 23.2 Å². The summed E-state index contributed by atoms with van der Waals surface area (Å²) in [6.45, 7) is 2.20. The van der Waals surface area contributed by atoms with Gasteiger partial charge in [0.05, 0.1) is 16.3 Å². The molecule has 0 aliphatic heterocycles. The van der Waals surface area contributed by atoms with Crippen molar-refractivity contribution in [2.24, 2.45) is 0 Å². The number of carbonyl (C=O) groups excluding carboxylic acids is 2. The number of halogens is 2. The predicted molar refractivity (Wildman–Crippen MR) is 137 cm³/mol. The number of fused-ring (bicyclic) bond motifs is 1. The molecule has 3 aromatic heterocycles. The molecule has 0 saturated heterocycles. The number of nitrogens with zero attached hydrogens (tertiary/aromatic N) is 4. The van der Waals surface area contributed by atoms with E-state index in [0.29, 0.717) is 5.65 Å². The Morgan fingerprint density at radius 2 is 1.89 bits per heavy atom. The molecule has 0 aliphatic carbocycles. The maximum Gasteiger partial charge on any atom is 0.298 e. The van der Waals surface area contributed by atoms with Crippen LogP contribution in [-0.4, -0.2) is 32.0 Å². The fourth-order valence-electron chi connectivity index (χ4n) is 3.85. The van der Waals surface area contributed by atoms with Gasteiger partial charge in [-0.1, -0.05) is 47.0 Å². The van der Waals surface area contributed by atoms with Gasteiger partial charge >= 0.3 is 0 Å². The zero-order valence-electron chi connectivity index (χ0n) is 18.8. The van der Waals surface area contributed by atoms with E-state index in [1.54, 1.807) is 23.0 Å². The van der Waals surface area contributed by atoms with Gasteiger partial charge in [0.2, 0.25) is 0 Å². The Morgan fingerprint density at radius 1 is 1.03 bits per heavy atom. The fourth-order valence-corrected chi connectivity index (χ4v) is 4.20. The fraction of sp³-hybridized carbons (Fsp3) is 0.0385. The molecule has 5 aromatic rings. The van der Waals surface area contributed by atoms with Crippen LogP contribution < -0.4 is 10.1 Å². The van der Waals surface area contributed by atoms with Crippen LogP contribution in [0.25, 0.3) is 28.2 Å². The second kappa shape index (κ2) is 9.77. The largest absolute Gasteiger partial charge is 0.426 e. The number of hydrogen-bond donors (Lipinski definition) is 1. The number of aromatic nitrogens is 4. The number of nitrogens with one attached hydrogen (secondary N) is 1. The molecule has 1 amide bonds. The van der Waals surface area contributed by atoms with E-state index in [0.717, 1.165) is 28.1 Å². The molecule has 10 heteroatoms. The van der Waals surface area contributed by atoms with Gasteiger partial charge in [-0.2, -0.15) is 5.10 Å². The van der Waals surface area contributed by atoms with Gasteiger partial charge in [-0.15, -0.1) is 0 Å². The summed E-state index contributed by atoms with van der Waals surface area (Å²) in [5, 5.41) is 7.31. The van der Waals surface area contributed by atoms with Crippen molar-refractivity contribution in [3.8, 4) is 28.3 Å². The van der Waals surface area contributed by atoms with Crippen LogP contribution in [0.4, 0.5) is 5.82 Å². The first-order valence-corrected chi connectivity index (χ1v) is 11.5. The summed E-state index contributed by atoms with van der Waals surface area (Å²) in [6, 6.07) is 18.1. The van der Waals surface area contributed by atoms with E-state index in [1.165, 1.54) is 12.1 Å². The van der Waals surface area contributed by atoms with Crippen LogP contribution in [0.5, 0.6) is 5.75 Å². The van der Waals surface area contributed by atoms with Crippen LogP contribution in [0.15, 0.2) is 73.1 Å². The minimum absolute atomic E-state index is 0.0284. The lowest BCUT2D eigenvalue weighted by Crippen LogP contribution is -2.14. The first kappa shape index (κ1) is 23.5. The number of carbonyl (C=O) groups is 2. The highest BCUT2D eigenvalue weighted by Gasteiger charge is 2.21. The quantitative estimate of drug-likeness (QED) is 0.283. The number of pyridine rings is 1. The van der Waals surface area contributed by atoms with Crippen molar-refractivity contribution >= 4 is 47.0 Å². The number of aryl methyl sites for hydroxylation is 1. The van der Waals surface area contributed by atoms with Crippen LogP contribution in [0.1, 0.15) is 15.9 Å². The smallest absolute Gasteiger partial charge is 0.298 e. The maximum absolute atomic E-state index is 13.0. The van der Waals surface area contributed by atoms with Gasteiger partial charge in [-0.3, -0.25) is 9.59 Å². The molecule has 0 atom stereocenters. The number of benzene rings is 2. The molecule has 5 rings (SSSR count). The molecule has 0 aliphatic rings. The Balaban J connectivity index is 1.57. The van der Waals surface area contributed by atoms with Crippen molar-refractivity contribution in [2.75, 3.05) is 5.32 Å². The number of ether oxygens (including phenoxy) is 1. The normalized spacial score (nSPS) is 10.9. The van der Waals surface area contributed by atoms with Crippen LogP contribution in [0.2, 0.25) is 10.0 Å². The first-order valence-electron chi connectivity index (χ1n) is 10.7. The molecule has 2 aromatic carbocycles. The molecule has 1 N–H and O–H groups in total. The standard InChI is InChI=1S/C26H17Cl2N5O3/c1-15-4-2-5-16(12-15)23-24(33-21(32-23)6-3-10-30-33)17-9-11-29-20(13-17)31-26(35)18-7-8-19(27)22(28)25(18)36-14-34/h2-14H,1H3,(H,29,31,35). The summed E-state index contributed by atoms with van der Waals surface area (Å²) in [6.07, 6.45) is 3.26. The van der Waals surface area contributed by atoms with Gasteiger partial charge in [0.15, 0.2) is 11.4 Å². The second-order valence-corrected chi connectivity index (χ2v) is 8.59. The van der Waals surface area contributed by atoms with E-state index in [1.807, 2.05) is 49.4 Å². The van der Waals surface area contributed by atoms with Crippen molar-refractivity contribution in [3.63, 3.8) is 0 Å². The maximum atomic E-state index is 13.0. The molecule has 0 radical (unpaired) electrons. The lowest BCUT2D eigenvalue weighted by atomic mass is 10.0. The Hall–Kier alpha value is -4.27. The minimum Gasteiger partial charge on any atom is -0.426 e. The number of amides is 1. The molecule has 0 fully saturated rings. The van der Waals surface area contributed by atoms with Crippen LogP contribution in [0, 0.1) is 6.92 Å². The molecule has 0 saturated carbocycles. The molecule has 0 spiro atoms. The van der Waals surface area contributed by atoms with Crippen molar-refractivity contribution < 1.29 is 14.3 Å². The van der Waals surface area contributed by atoms with Crippen molar-refractivity contribution in [1.82, 2.24) is 19.6 Å². The molecule has 0 bridgehead atoms. The van der Waals surface area contributed by atoms with Crippen LogP contribution in [0.3, 0.4) is 0 Å². The molecule has 178 valence electrons. The highest BCUT2D eigenvalue weighted by molar-refractivity contribution is 6.43. The van der Waals surface area contributed by atoms with Gasteiger partial charge < -0.3 is 10.1 Å². The van der Waals surface area contributed by atoms with Crippen molar-refractivity contribution in [2.45, 2.75) is 6.92 Å². The van der Waals surface area contributed by atoms with Gasteiger partial charge in [0.25, 0.3) is 12.4 Å². The SMILES string of the molecule is Cc1cccc(-c2nc3cccnn3c2-c2ccnc(NC(=O)c3ccc(Cl)c(Cl)c3OC=O)c2)c1. The lowest BCUT2D eigenvalue weighted by Gasteiger charge is -2.11. The lowest BCUT2D eigenvalue weighted by molar-refractivity contribution is -0.120. The van der Waals surface area contributed by atoms with Crippen LogP contribution in [-0.2, 0) is 4.79 Å². The van der Waals surface area contributed by atoms with Gasteiger partial charge in [-0.25, -0.2) is 14.5 Å². The third-order valence-corrected chi connectivity index (χ3v) is 6.21. The third kappa shape index (κ3) is 4.39. The minimum atomic E-state index is -0.578. The van der Waals surface area contributed by atoms with Gasteiger partial charge in [0.1, 0.15) is 16.5 Å². The topological polar surface area (TPSA) is 98.5 Å². The van der Waals surface area contributed by atoms with E-state index in [4.69, 9.17) is 32.9 Å². The van der Waals surface area contributed by atoms with Crippen molar-refractivity contribution in [3.05, 3.63) is 94.2 Å². The molecule has 3 heterocycles. The average Bonchev–Trinajstić information content (AvgIpc) is 3.27. The molecule has 8 nitrogen and oxygen atoms in total. The van der Waals surface area contributed by atoms with Gasteiger partial charge in [0, 0.05) is 23.5 Å². The third-order valence-electron chi connectivity index (χ3n) is 5.42. The highest BCUT2D eigenvalue weighted by atomic mass is 35.5. The Kier molecular flexibility index (Phi) is 6.37. The molecular weight excluding hydrogens is 501 g/mol. The summed E-state index contributed by atoms with van der Waals surface area (Å²) in [4.78, 5) is 33.1. The van der Waals surface area contributed by atoms with Gasteiger partial charge in [-0.05, 0) is 49.4 Å². The van der Waals surface area contributed by atoms with E-state index in [9.17, 15) is 9.59 Å². The number of rotatable bonds is 6. The number of imidazole rings is 1. The molecule has 36 heavy (non-hydrogen) atoms. The van der Waals surface area contributed by atoms with E-state index < -0.39 is 5.91 Å². The van der Waals surface area contributed by atoms with Crippen molar-refractivity contribution in [1.29, 1.82) is 0 Å². The molecular formula is C26H17Cl2N5O3. The van der Waals surface area contributed by atoms with E-state index >= 15 is 0 Å². The Bertz CT molecular complexity index is 1630. The highest BCUT2D eigenvalue weighted by Crippen LogP contribution is 2.36. The Morgan fingerprint density at radius 3 is 2.69 bits per heavy atom. The molecule has 0 unspecified atom stereocenters. The summed E-state index contributed by atoms with van der Waals surface area (Å²) in [5.41, 5.74) is 4.96. The zero-order valence-corrected chi connectivity index (χ0v) is 20.3. The monoisotopic (exact) mass is 517 g/mol. The Labute approximate surface area is 215 Å². The summed E-state index contributed by atoms with van der Waals surface area (Å²) >= 11 is 12.1.